The molecule has 2 aromatic heterocycles. The molecule has 2 aromatic rings. The quantitative estimate of drug-likeness (QED) is 0.819. The predicted octanol–water partition coefficient (Wildman–Crippen LogP) is 0.490. The lowest BCUT2D eigenvalue weighted by molar-refractivity contribution is 0.0747. The molecule has 1 fully saturated rings. The lowest BCUT2D eigenvalue weighted by atomic mass is 10.2. The van der Waals surface area contributed by atoms with Gasteiger partial charge < -0.3 is 15.3 Å². The van der Waals surface area contributed by atoms with Gasteiger partial charge in [0.15, 0.2) is 5.82 Å². The number of aromatic nitrogens is 3. The molecule has 1 saturated heterocycles. The predicted molar refractivity (Wildman–Crippen MR) is 84.2 cm³/mol. The number of urea groups is 1. The molecule has 2 aliphatic heterocycles. The van der Waals surface area contributed by atoms with Crippen LogP contribution in [-0.2, 0) is 13.1 Å². The summed E-state index contributed by atoms with van der Waals surface area (Å²) in [5, 5.41) is 16.1. The number of rotatable bonds is 2. The maximum atomic E-state index is 12.6. The molecule has 4 heterocycles. The van der Waals surface area contributed by atoms with E-state index in [1.807, 2.05) is 0 Å². The Bertz CT molecular complexity index is 878. The molecule has 3 amide bonds. The lowest BCUT2D eigenvalue weighted by Gasteiger charge is -2.17. The molecule has 2 aliphatic rings. The molecule has 2 N–H and O–H groups in total. The molecule has 0 saturated carbocycles. The number of anilines is 1. The van der Waals surface area contributed by atoms with Crippen LogP contribution in [0, 0.1) is 0 Å². The van der Waals surface area contributed by atoms with E-state index >= 15 is 0 Å². The first-order valence-corrected chi connectivity index (χ1v) is 7.65. The number of pyridine rings is 1. The molecule has 10 nitrogen and oxygen atoms in total. The van der Waals surface area contributed by atoms with Crippen LogP contribution in [0.5, 0.6) is 0 Å². The Kier molecular flexibility index (Phi) is 3.38. The third-order valence-electron chi connectivity index (χ3n) is 4.25. The largest absolute Gasteiger partial charge is 0.463 e. The summed E-state index contributed by atoms with van der Waals surface area (Å²) in [5.74, 6) is 0.0342. The van der Waals surface area contributed by atoms with Crippen LogP contribution < -0.4 is 10.2 Å². The number of carboxylic acid groups (broad SMARTS) is 1. The van der Waals surface area contributed by atoms with Gasteiger partial charge in [0, 0.05) is 31.0 Å². The van der Waals surface area contributed by atoms with Gasteiger partial charge in [-0.15, -0.1) is 5.10 Å². The van der Waals surface area contributed by atoms with E-state index in [1.165, 1.54) is 16.0 Å². The van der Waals surface area contributed by atoms with Gasteiger partial charge in [0.2, 0.25) is 0 Å². The highest BCUT2D eigenvalue weighted by Gasteiger charge is 2.37. The molecule has 0 spiro atoms. The van der Waals surface area contributed by atoms with E-state index in [1.54, 1.807) is 18.3 Å². The molecule has 25 heavy (non-hydrogen) atoms. The fraction of sp³-hybridized carbons (Fsp3) is 0.267. The Morgan fingerprint density at radius 3 is 2.76 bits per heavy atom. The highest BCUT2D eigenvalue weighted by atomic mass is 16.4. The molecule has 0 bridgehead atoms. The molecule has 0 aromatic carbocycles. The van der Waals surface area contributed by atoms with Gasteiger partial charge in [0.05, 0.1) is 24.3 Å². The summed E-state index contributed by atoms with van der Waals surface area (Å²) in [4.78, 5) is 42.9. The Balaban J connectivity index is 1.69. The maximum absolute atomic E-state index is 12.6. The monoisotopic (exact) mass is 342 g/mol. The first kappa shape index (κ1) is 15.1. The topological polar surface area (TPSA) is 121 Å². The molecule has 0 atom stereocenters. The highest BCUT2D eigenvalue weighted by Crippen LogP contribution is 2.32. The second-order valence-electron chi connectivity index (χ2n) is 5.73. The van der Waals surface area contributed by atoms with Gasteiger partial charge in [-0.2, -0.15) is 4.68 Å². The molecule has 0 aliphatic carbocycles. The zero-order valence-corrected chi connectivity index (χ0v) is 13.0. The Hall–Kier alpha value is -3.43. The summed E-state index contributed by atoms with van der Waals surface area (Å²) in [5.41, 5.74) is 1.40. The zero-order chi connectivity index (χ0) is 17.6. The fourth-order valence-corrected chi connectivity index (χ4v) is 3.09. The van der Waals surface area contributed by atoms with Crippen molar-refractivity contribution in [1.82, 2.24) is 25.0 Å². The molecule has 10 heteroatoms. The standard InChI is InChI=1S/C15H14N6O4/c22-13(9-2-1-3-16-6-9)19-7-10-11(8-19)21(15(24)25)18-12(10)20-5-4-17-14(20)23/h1-3,6H,4-5,7-8H2,(H,17,23)(H,24,25). The van der Waals surface area contributed by atoms with Crippen molar-refractivity contribution in [1.29, 1.82) is 0 Å². The van der Waals surface area contributed by atoms with E-state index < -0.39 is 6.09 Å². The van der Waals surface area contributed by atoms with Crippen molar-refractivity contribution < 1.29 is 19.5 Å². The first-order chi connectivity index (χ1) is 12.1. The van der Waals surface area contributed by atoms with Crippen LogP contribution in [0.1, 0.15) is 21.6 Å². The van der Waals surface area contributed by atoms with Gasteiger partial charge >= 0.3 is 12.1 Å². The van der Waals surface area contributed by atoms with E-state index in [4.69, 9.17) is 0 Å². The molecular weight excluding hydrogens is 328 g/mol. The molecule has 4 rings (SSSR count). The van der Waals surface area contributed by atoms with E-state index in [-0.39, 0.29) is 30.8 Å². The van der Waals surface area contributed by atoms with Crippen LogP contribution in [0.3, 0.4) is 0 Å². The number of carbonyl (C=O) groups excluding carboxylic acids is 2. The minimum atomic E-state index is -1.25. The van der Waals surface area contributed by atoms with Crippen LogP contribution in [-0.4, -0.2) is 55.9 Å². The first-order valence-electron chi connectivity index (χ1n) is 7.65. The van der Waals surface area contributed by atoms with Gasteiger partial charge in [-0.05, 0) is 12.1 Å². The van der Waals surface area contributed by atoms with E-state index in [2.05, 4.69) is 15.4 Å². The van der Waals surface area contributed by atoms with Gasteiger partial charge in [0.25, 0.3) is 5.91 Å². The number of carbonyl (C=O) groups is 3. The second-order valence-corrected chi connectivity index (χ2v) is 5.73. The van der Waals surface area contributed by atoms with Crippen molar-refractivity contribution in [3.63, 3.8) is 0 Å². The van der Waals surface area contributed by atoms with Crippen molar-refractivity contribution in [3.05, 3.63) is 41.3 Å². The van der Waals surface area contributed by atoms with Crippen LogP contribution in [0.4, 0.5) is 15.4 Å². The molecule has 0 radical (unpaired) electrons. The number of hydrogen-bond acceptors (Lipinski definition) is 5. The van der Waals surface area contributed by atoms with Crippen molar-refractivity contribution in [2.45, 2.75) is 13.1 Å². The summed E-state index contributed by atoms with van der Waals surface area (Å²) in [6.07, 6.45) is 1.78. The maximum Gasteiger partial charge on any atom is 0.432 e. The van der Waals surface area contributed by atoms with Crippen LogP contribution >= 0.6 is 0 Å². The highest BCUT2D eigenvalue weighted by molar-refractivity contribution is 5.96. The van der Waals surface area contributed by atoms with Crippen LogP contribution in [0.15, 0.2) is 24.5 Å². The van der Waals surface area contributed by atoms with Crippen molar-refractivity contribution in [2.24, 2.45) is 0 Å². The van der Waals surface area contributed by atoms with Crippen LogP contribution in [0.2, 0.25) is 0 Å². The third-order valence-corrected chi connectivity index (χ3v) is 4.25. The van der Waals surface area contributed by atoms with Gasteiger partial charge in [-0.3, -0.25) is 14.7 Å². The summed E-state index contributed by atoms with van der Waals surface area (Å²) >= 11 is 0. The second kappa shape index (κ2) is 5.58. The van der Waals surface area contributed by atoms with E-state index in [0.717, 1.165) is 4.68 Å². The van der Waals surface area contributed by atoms with Crippen LogP contribution in [0.25, 0.3) is 0 Å². The smallest absolute Gasteiger partial charge is 0.432 e. The van der Waals surface area contributed by atoms with Gasteiger partial charge in [-0.25, -0.2) is 9.59 Å². The fourth-order valence-electron chi connectivity index (χ4n) is 3.09. The van der Waals surface area contributed by atoms with Crippen molar-refractivity contribution in [3.8, 4) is 0 Å². The van der Waals surface area contributed by atoms with E-state index in [0.29, 0.717) is 29.9 Å². The Labute approximate surface area is 141 Å². The molecule has 128 valence electrons. The zero-order valence-electron chi connectivity index (χ0n) is 13.0. The van der Waals surface area contributed by atoms with Crippen molar-refractivity contribution >= 4 is 23.8 Å². The Morgan fingerprint density at radius 2 is 2.12 bits per heavy atom. The lowest BCUT2D eigenvalue weighted by Crippen LogP contribution is -2.31. The number of fused-ring (bicyclic) bond motifs is 1. The number of nitrogens with one attached hydrogen (secondary N) is 1. The summed E-state index contributed by atoms with van der Waals surface area (Å²) in [6.45, 7) is 1.16. The van der Waals surface area contributed by atoms with E-state index in [9.17, 15) is 19.5 Å². The Morgan fingerprint density at radius 1 is 1.28 bits per heavy atom. The number of nitrogens with zero attached hydrogens (tertiary/aromatic N) is 5. The minimum Gasteiger partial charge on any atom is -0.463 e. The SMILES string of the molecule is O=C(c1cccnc1)N1Cc2c(N3CCNC3=O)nn(C(=O)O)c2C1. The molecular formula is C15H14N6O4. The third kappa shape index (κ3) is 2.38. The van der Waals surface area contributed by atoms with Gasteiger partial charge in [-0.1, -0.05) is 0 Å². The summed E-state index contributed by atoms with van der Waals surface area (Å²) < 4.78 is 0.840. The minimum absolute atomic E-state index is 0.109. The molecule has 0 unspecified atom stereocenters. The summed E-state index contributed by atoms with van der Waals surface area (Å²) in [6, 6.07) is 2.99. The number of amides is 3. The van der Waals surface area contributed by atoms with Crippen molar-refractivity contribution in [2.75, 3.05) is 18.0 Å². The summed E-state index contributed by atoms with van der Waals surface area (Å²) in [7, 11) is 0. The average molecular weight is 342 g/mol. The normalized spacial score (nSPS) is 16.1. The van der Waals surface area contributed by atoms with Gasteiger partial charge in [0.1, 0.15) is 0 Å². The average Bonchev–Trinajstić information content (AvgIpc) is 3.29. The number of hydrogen-bond donors (Lipinski definition) is 2.